The predicted octanol–water partition coefficient (Wildman–Crippen LogP) is 1.47. The van der Waals surface area contributed by atoms with E-state index in [0.717, 1.165) is 6.54 Å². The first kappa shape index (κ1) is 9.01. The molecule has 1 aliphatic carbocycles. The summed E-state index contributed by atoms with van der Waals surface area (Å²) >= 11 is 0. The Labute approximate surface area is 69.8 Å². The van der Waals surface area contributed by atoms with Crippen LogP contribution in [0.4, 0.5) is 0 Å². The van der Waals surface area contributed by atoms with Crippen molar-refractivity contribution in [1.82, 2.24) is 10.6 Å². The van der Waals surface area contributed by atoms with Gasteiger partial charge in [0.2, 0.25) is 0 Å². The van der Waals surface area contributed by atoms with Crippen LogP contribution in [0.1, 0.15) is 40.0 Å². The Morgan fingerprint density at radius 2 is 2.00 bits per heavy atom. The average molecular weight is 156 g/mol. The first-order chi connectivity index (χ1) is 5.18. The maximum atomic E-state index is 3.58. The van der Waals surface area contributed by atoms with Gasteiger partial charge in [-0.2, -0.15) is 0 Å². The Bertz CT molecular complexity index is 117. The summed E-state index contributed by atoms with van der Waals surface area (Å²) in [6, 6.07) is 0.592. The van der Waals surface area contributed by atoms with Crippen molar-refractivity contribution in [3.63, 3.8) is 0 Å². The summed E-state index contributed by atoms with van der Waals surface area (Å²) in [4.78, 5) is 0. The fourth-order valence-corrected chi connectivity index (χ4v) is 1.79. The fourth-order valence-electron chi connectivity index (χ4n) is 1.79. The van der Waals surface area contributed by atoms with Crippen molar-refractivity contribution in [2.45, 2.75) is 51.7 Å². The van der Waals surface area contributed by atoms with E-state index in [1.165, 1.54) is 19.3 Å². The lowest BCUT2D eigenvalue weighted by Gasteiger charge is -2.44. The normalized spacial score (nSPS) is 21.8. The van der Waals surface area contributed by atoms with E-state index in [4.69, 9.17) is 0 Å². The van der Waals surface area contributed by atoms with Crippen molar-refractivity contribution in [3.8, 4) is 0 Å². The summed E-state index contributed by atoms with van der Waals surface area (Å²) < 4.78 is 0. The molecule has 0 aromatic heterocycles. The van der Waals surface area contributed by atoms with Crippen LogP contribution in [0.5, 0.6) is 0 Å². The van der Waals surface area contributed by atoms with Gasteiger partial charge in [-0.1, -0.05) is 6.92 Å². The van der Waals surface area contributed by atoms with Crippen molar-refractivity contribution >= 4 is 0 Å². The van der Waals surface area contributed by atoms with Crippen LogP contribution in [0.15, 0.2) is 0 Å². The van der Waals surface area contributed by atoms with Crippen LogP contribution in [0.25, 0.3) is 0 Å². The summed E-state index contributed by atoms with van der Waals surface area (Å²) in [6.07, 6.45) is 3.95. The Kier molecular flexibility index (Phi) is 2.90. The fraction of sp³-hybridized carbons (Fsp3) is 1.00. The lowest BCUT2D eigenvalue weighted by Crippen LogP contribution is -2.63. The monoisotopic (exact) mass is 156 g/mol. The number of hydrogen-bond donors (Lipinski definition) is 2. The smallest absolute Gasteiger partial charge is 0.0689 e. The van der Waals surface area contributed by atoms with E-state index in [1.807, 2.05) is 0 Å². The molecular weight excluding hydrogens is 136 g/mol. The van der Waals surface area contributed by atoms with Crippen LogP contribution >= 0.6 is 0 Å². The highest BCUT2D eigenvalue weighted by Gasteiger charge is 2.35. The molecule has 66 valence electrons. The predicted molar refractivity (Wildman–Crippen MR) is 48.5 cm³/mol. The Morgan fingerprint density at radius 3 is 2.27 bits per heavy atom. The molecule has 0 aromatic carbocycles. The molecule has 0 unspecified atom stereocenters. The van der Waals surface area contributed by atoms with Crippen molar-refractivity contribution in [3.05, 3.63) is 0 Å². The van der Waals surface area contributed by atoms with E-state index < -0.39 is 0 Å². The molecule has 0 aliphatic heterocycles. The SMILES string of the molecule is CCNC1(NC(C)C)CCC1. The number of nitrogens with one attached hydrogen (secondary N) is 2. The van der Waals surface area contributed by atoms with Crippen LogP contribution in [0, 0.1) is 0 Å². The molecule has 1 rings (SSSR count). The van der Waals surface area contributed by atoms with Gasteiger partial charge >= 0.3 is 0 Å². The van der Waals surface area contributed by atoms with Crippen molar-refractivity contribution < 1.29 is 0 Å². The van der Waals surface area contributed by atoms with E-state index in [-0.39, 0.29) is 0 Å². The summed E-state index contributed by atoms with van der Waals surface area (Å²) in [5.74, 6) is 0. The number of rotatable bonds is 4. The maximum Gasteiger partial charge on any atom is 0.0689 e. The van der Waals surface area contributed by atoms with Gasteiger partial charge < -0.3 is 0 Å². The van der Waals surface area contributed by atoms with Gasteiger partial charge in [-0.15, -0.1) is 0 Å². The second kappa shape index (κ2) is 3.55. The molecule has 1 aliphatic rings. The van der Waals surface area contributed by atoms with Gasteiger partial charge in [-0.3, -0.25) is 10.6 Å². The molecule has 11 heavy (non-hydrogen) atoms. The highest BCUT2D eigenvalue weighted by Crippen LogP contribution is 2.29. The minimum Gasteiger partial charge on any atom is -0.300 e. The van der Waals surface area contributed by atoms with Gasteiger partial charge in [0.05, 0.1) is 5.66 Å². The molecule has 0 atom stereocenters. The third kappa shape index (κ3) is 2.17. The second-order valence-electron chi connectivity index (χ2n) is 3.77. The third-order valence-corrected chi connectivity index (χ3v) is 2.29. The number of hydrogen-bond acceptors (Lipinski definition) is 2. The standard InChI is InChI=1S/C9H20N2/c1-4-10-9(6-5-7-9)11-8(2)3/h8,10-11H,4-7H2,1-3H3. The van der Waals surface area contributed by atoms with Gasteiger partial charge in [0.1, 0.15) is 0 Å². The molecule has 2 N–H and O–H groups in total. The van der Waals surface area contributed by atoms with Crippen molar-refractivity contribution in [2.24, 2.45) is 0 Å². The molecular formula is C9H20N2. The lowest BCUT2D eigenvalue weighted by molar-refractivity contribution is 0.127. The Balaban J connectivity index is 2.33. The Hall–Kier alpha value is -0.0800. The molecule has 0 radical (unpaired) electrons. The molecule has 0 bridgehead atoms. The van der Waals surface area contributed by atoms with Crippen molar-refractivity contribution in [1.29, 1.82) is 0 Å². The zero-order valence-electron chi connectivity index (χ0n) is 7.91. The minimum atomic E-state index is 0.295. The second-order valence-corrected chi connectivity index (χ2v) is 3.77. The van der Waals surface area contributed by atoms with Gasteiger partial charge in [0.25, 0.3) is 0 Å². The summed E-state index contributed by atoms with van der Waals surface area (Å²) in [5.41, 5.74) is 0.295. The van der Waals surface area contributed by atoms with E-state index in [1.54, 1.807) is 0 Å². The van der Waals surface area contributed by atoms with Crippen LogP contribution in [-0.4, -0.2) is 18.2 Å². The molecule has 1 saturated carbocycles. The molecule has 1 fully saturated rings. The zero-order chi connectivity index (χ0) is 8.32. The van der Waals surface area contributed by atoms with E-state index in [2.05, 4.69) is 31.4 Å². The van der Waals surface area contributed by atoms with Crippen LogP contribution < -0.4 is 10.6 Å². The molecule has 0 aromatic rings. The van der Waals surface area contributed by atoms with Crippen LogP contribution in [0.2, 0.25) is 0 Å². The molecule has 0 saturated heterocycles. The van der Waals surface area contributed by atoms with Crippen molar-refractivity contribution in [2.75, 3.05) is 6.54 Å². The molecule has 0 spiro atoms. The molecule has 0 amide bonds. The van der Waals surface area contributed by atoms with Gasteiger partial charge in [-0.25, -0.2) is 0 Å². The van der Waals surface area contributed by atoms with Gasteiger partial charge in [0, 0.05) is 6.04 Å². The first-order valence-corrected chi connectivity index (χ1v) is 4.71. The minimum absolute atomic E-state index is 0.295. The highest BCUT2D eigenvalue weighted by atomic mass is 15.2. The largest absolute Gasteiger partial charge is 0.300 e. The average Bonchev–Trinajstić information content (AvgIpc) is 1.82. The van der Waals surface area contributed by atoms with Gasteiger partial charge in [0.15, 0.2) is 0 Å². The van der Waals surface area contributed by atoms with E-state index in [9.17, 15) is 0 Å². The zero-order valence-corrected chi connectivity index (χ0v) is 7.91. The highest BCUT2D eigenvalue weighted by molar-refractivity contribution is 4.93. The topological polar surface area (TPSA) is 24.1 Å². The summed E-state index contributed by atoms with van der Waals surface area (Å²) in [5, 5.41) is 7.10. The third-order valence-electron chi connectivity index (χ3n) is 2.29. The molecule has 2 nitrogen and oxygen atoms in total. The molecule has 2 heteroatoms. The molecule has 0 heterocycles. The Morgan fingerprint density at radius 1 is 1.36 bits per heavy atom. The van der Waals surface area contributed by atoms with Gasteiger partial charge in [-0.05, 0) is 39.7 Å². The van der Waals surface area contributed by atoms with Crippen LogP contribution in [-0.2, 0) is 0 Å². The first-order valence-electron chi connectivity index (χ1n) is 4.71. The quantitative estimate of drug-likeness (QED) is 0.602. The lowest BCUT2D eigenvalue weighted by atomic mass is 9.84. The van der Waals surface area contributed by atoms with Crippen LogP contribution in [0.3, 0.4) is 0 Å². The summed E-state index contributed by atoms with van der Waals surface area (Å²) in [6.45, 7) is 7.65. The van der Waals surface area contributed by atoms with E-state index in [0.29, 0.717) is 11.7 Å². The maximum absolute atomic E-state index is 3.58. The van der Waals surface area contributed by atoms with E-state index >= 15 is 0 Å². The summed E-state index contributed by atoms with van der Waals surface area (Å²) in [7, 11) is 0.